The molecule has 43 heavy (non-hydrogen) atoms. The molecule has 0 heterocycles. The van der Waals surface area contributed by atoms with Gasteiger partial charge < -0.3 is 22.4 Å². The molecule has 0 rings (SSSR count). The molecular weight excluding hydrogens is 613 g/mol. The maximum Gasteiger partial charge on any atom is 0.333 e. The number of carbonyl (C=O) groups is 3. The van der Waals surface area contributed by atoms with Gasteiger partial charge in [-0.15, -0.1) is 0 Å². The molecule has 0 spiro atoms. The number of carbonyl (C=O) groups excluding carboxylic acids is 3. The number of hydrogen-bond acceptors (Lipinski definition) is 8. The summed E-state index contributed by atoms with van der Waals surface area (Å²) < 4.78 is 28.3. The van der Waals surface area contributed by atoms with Gasteiger partial charge in [-0.25, -0.2) is 14.4 Å². The zero-order valence-electron chi connectivity index (χ0n) is 29.5. The third kappa shape index (κ3) is 24.4. The van der Waals surface area contributed by atoms with Crippen LogP contribution in [-0.4, -0.2) is 70.6 Å². The van der Waals surface area contributed by atoms with Crippen LogP contribution < -0.4 is 0 Å². The van der Waals surface area contributed by atoms with Gasteiger partial charge in [-0.2, -0.15) is 0 Å². The standard InChI is InChI=1S/C18H34O5Si2.C13H28O3Si2/c1-15(2)17(19)21-11-9-13-24(5,6)23-25(7,8)14-10-12-22-18(20)16(3)4;1-8-9-10-17(4,5)16-18(6,7)11-15-13(14)12(2)3/h1,3,9-14H2,2,4-8H3;2,8-11H2,1,3-7H3. The van der Waals surface area contributed by atoms with Crippen molar-refractivity contribution in [3.63, 3.8) is 0 Å². The minimum atomic E-state index is -1.92. The Morgan fingerprint density at radius 3 is 1.14 bits per heavy atom. The van der Waals surface area contributed by atoms with Crippen LogP contribution in [0, 0.1) is 0 Å². The molecule has 0 fully saturated rings. The summed E-state index contributed by atoms with van der Waals surface area (Å²) in [6.07, 6.45) is 4.45. The van der Waals surface area contributed by atoms with E-state index in [0.717, 1.165) is 24.9 Å². The molecule has 0 aromatic heterocycles. The normalized spacial score (nSPS) is 12.0. The smallest absolute Gasteiger partial charge is 0.333 e. The zero-order valence-corrected chi connectivity index (χ0v) is 33.5. The first-order valence-corrected chi connectivity index (χ1v) is 27.8. The maximum absolute atomic E-state index is 11.4. The topological polar surface area (TPSA) is 97.4 Å². The highest BCUT2D eigenvalue weighted by atomic mass is 28.4. The van der Waals surface area contributed by atoms with E-state index in [0.29, 0.717) is 36.2 Å². The van der Waals surface area contributed by atoms with E-state index in [-0.39, 0.29) is 17.9 Å². The van der Waals surface area contributed by atoms with E-state index in [1.165, 1.54) is 18.9 Å². The minimum Gasteiger partial charge on any atom is -0.463 e. The van der Waals surface area contributed by atoms with Gasteiger partial charge in [0, 0.05) is 16.7 Å². The van der Waals surface area contributed by atoms with Gasteiger partial charge in [-0.05, 0) is 104 Å². The Hall–Kier alpha value is -1.58. The summed E-state index contributed by atoms with van der Waals surface area (Å²) in [5, 5.41) is 0. The quantitative estimate of drug-likeness (QED) is 0.0418. The van der Waals surface area contributed by atoms with Crippen molar-refractivity contribution >= 4 is 51.2 Å². The van der Waals surface area contributed by atoms with Crippen molar-refractivity contribution < 1.29 is 36.8 Å². The van der Waals surface area contributed by atoms with Crippen LogP contribution in [0.4, 0.5) is 0 Å². The van der Waals surface area contributed by atoms with E-state index in [2.05, 4.69) is 79.0 Å². The summed E-state index contributed by atoms with van der Waals surface area (Å²) >= 11 is 0. The number of ether oxygens (including phenoxy) is 3. The van der Waals surface area contributed by atoms with Crippen LogP contribution in [0.1, 0.15) is 53.4 Å². The molecule has 12 heteroatoms. The molecule has 0 aliphatic rings. The lowest BCUT2D eigenvalue weighted by Crippen LogP contribution is -2.48. The second-order valence-corrected chi connectivity index (χ2v) is 31.2. The second-order valence-electron chi connectivity index (χ2n) is 13.7. The van der Waals surface area contributed by atoms with Crippen molar-refractivity contribution in [1.29, 1.82) is 0 Å². The Morgan fingerprint density at radius 2 is 0.814 bits per heavy atom. The highest BCUT2D eigenvalue weighted by Crippen LogP contribution is 2.24. The summed E-state index contributed by atoms with van der Waals surface area (Å²) in [5.74, 6) is -0.981. The van der Waals surface area contributed by atoms with E-state index in [1.54, 1.807) is 20.8 Å². The molecule has 0 unspecified atom stereocenters. The fraction of sp³-hybridized carbons (Fsp3) is 0.710. The fourth-order valence-electron chi connectivity index (χ4n) is 4.22. The van der Waals surface area contributed by atoms with Gasteiger partial charge in [-0.1, -0.05) is 39.5 Å². The fourth-order valence-corrected chi connectivity index (χ4v) is 21.3. The Balaban J connectivity index is 0. The Bertz CT molecular complexity index is 898. The van der Waals surface area contributed by atoms with Gasteiger partial charge in [0.15, 0.2) is 25.0 Å². The molecule has 0 amide bonds. The number of rotatable bonds is 20. The summed E-state index contributed by atoms with van der Waals surface area (Å²) in [6.45, 7) is 36.2. The first-order chi connectivity index (χ1) is 19.5. The molecule has 0 bridgehead atoms. The number of unbranched alkanes of at least 4 members (excludes halogenated alkanes) is 1. The molecule has 0 saturated carbocycles. The van der Waals surface area contributed by atoms with Gasteiger partial charge >= 0.3 is 17.9 Å². The van der Waals surface area contributed by atoms with Crippen LogP contribution in [0.25, 0.3) is 0 Å². The van der Waals surface area contributed by atoms with Crippen molar-refractivity contribution in [2.24, 2.45) is 0 Å². The van der Waals surface area contributed by atoms with Crippen molar-refractivity contribution in [2.75, 3.05) is 19.4 Å². The van der Waals surface area contributed by atoms with Gasteiger partial charge in [0.2, 0.25) is 8.32 Å². The molecular formula is C31H62O8Si4. The lowest BCUT2D eigenvalue weighted by molar-refractivity contribution is -0.139. The summed E-state index contributed by atoms with van der Waals surface area (Å²) in [7, 11) is -7.15. The first-order valence-electron chi connectivity index (χ1n) is 15.3. The third-order valence-corrected chi connectivity index (χ3v) is 20.5. The van der Waals surface area contributed by atoms with Gasteiger partial charge in [0.25, 0.3) is 0 Å². The maximum atomic E-state index is 11.4. The van der Waals surface area contributed by atoms with E-state index in [4.69, 9.17) is 22.4 Å². The lowest BCUT2D eigenvalue weighted by Gasteiger charge is -2.34. The summed E-state index contributed by atoms with van der Waals surface area (Å²) in [4.78, 5) is 34.1. The largest absolute Gasteiger partial charge is 0.463 e. The predicted molar refractivity (Wildman–Crippen MR) is 188 cm³/mol. The molecule has 250 valence electrons. The van der Waals surface area contributed by atoms with Crippen LogP contribution in [-0.2, 0) is 36.8 Å². The highest BCUT2D eigenvalue weighted by Gasteiger charge is 2.34. The molecule has 0 aromatic carbocycles. The zero-order chi connectivity index (χ0) is 34.1. The van der Waals surface area contributed by atoms with E-state index >= 15 is 0 Å². The minimum absolute atomic E-state index is 0.313. The van der Waals surface area contributed by atoms with Crippen LogP contribution >= 0.6 is 0 Å². The van der Waals surface area contributed by atoms with Crippen molar-refractivity contribution in [1.82, 2.24) is 0 Å². The SMILES string of the molecule is C=C(C)C(=O)OCCC[Si](C)(C)O[Si](C)(C)CCCOC(=O)C(=C)C.C=C(C)C(=O)OC[Si](C)(C)O[Si](C)(C)CCCC. The summed E-state index contributed by atoms with van der Waals surface area (Å²) in [5.41, 5.74) is 1.30. The lowest BCUT2D eigenvalue weighted by atomic mass is 10.4. The molecule has 0 aliphatic carbocycles. The number of esters is 3. The molecule has 0 radical (unpaired) electrons. The molecule has 8 nitrogen and oxygen atoms in total. The van der Waals surface area contributed by atoms with E-state index in [9.17, 15) is 14.4 Å². The molecule has 0 aliphatic heterocycles. The Kier molecular flexibility index (Phi) is 20.7. The Labute approximate surface area is 267 Å². The highest BCUT2D eigenvalue weighted by molar-refractivity contribution is 6.85. The number of hydrogen-bond donors (Lipinski definition) is 0. The van der Waals surface area contributed by atoms with Crippen LogP contribution in [0.2, 0.25) is 70.5 Å². The van der Waals surface area contributed by atoms with E-state index < -0.39 is 33.3 Å². The van der Waals surface area contributed by atoms with Gasteiger partial charge in [0.05, 0.1) is 13.2 Å². The molecule has 0 atom stereocenters. The van der Waals surface area contributed by atoms with Crippen LogP contribution in [0.5, 0.6) is 0 Å². The van der Waals surface area contributed by atoms with E-state index in [1.807, 2.05) is 0 Å². The van der Waals surface area contributed by atoms with Crippen molar-refractivity contribution in [3.8, 4) is 0 Å². The molecule has 0 N–H and O–H groups in total. The molecule has 0 saturated heterocycles. The molecule has 0 aromatic rings. The first kappa shape index (κ1) is 43.5. The monoisotopic (exact) mass is 674 g/mol. The second kappa shape index (κ2) is 20.4. The van der Waals surface area contributed by atoms with Crippen molar-refractivity contribution in [2.45, 2.75) is 124 Å². The predicted octanol–water partition coefficient (Wildman–Crippen LogP) is 8.30. The Morgan fingerprint density at radius 1 is 0.512 bits per heavy atom. The third-order valence-electron chi connectivity index (χ3n) is 6.15. The van der Waals surface area contributed by atoms with Crippen LogP contribution in [0.15, 0.2) is 36.5 Å². The average Bonchev–Trinajstić information content (AvgIpc) is 2.85. The van der Waals surface area contributed by atoms with Crippen LogP contribution in [0.3, 0.4) is 0 Å². The van der Waals surface area contributed by atoms with Crippen molar-refractivity contribution in [3.05, 3.63) is 36.5 Å². The van der Waals surface area contributed by atoms with Gasteiger partial charge in [0.1, 0.15) is 6.23 Å². The average molecular weight is 675 g/mol. The summed E-state index contributed by atoms with van der Waals surface area (Å²) in [6, 6.07) is 3.06. The van der Waals surface area contributed by atoms with Gasteiger partial charge in [-0.3, -0.25) is 0 Å².